The average Bonchev–Trinajstić information content (AvgIpc) is 2.64. The van der Waals surface area contributed by atoms with Crippen molar-refractivity contribution in [2.24, 2.45) is 5.92 Å². The molecule has 0 unspecified atom stereocenters. The number of amides is 2. The van der Waals surface area contributed by atoms with Gasteiger partial charge in [0.25, 0.3) is 0 Å². The Morgan fingerprint density at radius 1 is 1.12 bits per heavy atom. The summed E-state index contributed by atoms with van der Waals surface area (Å²) in [5.74, 6) is 0.648. The molecule has 0 aromatic heterocycles. The summed E-state index contributed by atoms with van der Waals surface area (Å²) in [4.78, 5) is 28.8. The van der Waals surface area contributed by atoms with Crippen molar-refractivity contribution in [2.75, 3.05) is 32.0 Å². The molecule has 1 aliphatic carbocycles. The number of carbonyl (C=O) groups is 2. The van der Waals surface area contributed by atoms with Crippen LogP contribution in [-0.2, 0) is 9.59 Å². The minimum absolute atomic E-state index is 0.0373. The Kier molecular flexibility index (Phi) is 6.30. The van der Waals surface area contributed by atoms with Crippen LogP contribution in [0.5, 0.6) is 0 Å². The van der Waals surface area contributed by atoms with Crippen molar-refractivity contribution >= 4 is 17.5 Å². The molecule has 0 bridgehead atoms. The fourth-order valence-corrected chi connectivity index (χ4v) is 4.36. The lowest BCUT2D eigenvalue weighted by molar-refractivity contribution is -0.135. The Bertz CT molecular complexity index is 627. The zero-order valence-electron chi connectivity index (χ0n) is 16.0. The molecule has 1 saturated carbocycles. The second-order valence-corrected chi connectivity index (χ2v) is 7.89. The van der Waals surface area contributed by atoms with Gasteiger partial charge < -0.3 is 10.2 Å². The van der Waals surface area contributed by atoms with Crippen LogP contribution < -0.4 is 5.32 Å². The molecule has 2 fully saturated rings. The van der Waals surface area contributed by atoms with Gasteiger partial charge in [-0.15, -0.1) is 0 Å². The third-order valence-electron chi connectivity index (χ3n) is 5.84. The summed E-state index contributed by atoms with van der Waals surface area (Å²) in [6.07, 6.45) is 7.64. The number of anilines is 1. The molecule has 2 atom stereocenters. The summed E-state index contributed by atoms with van der Waals surface area (Å²) in [7, 11) is 1.72. The first-order chi connectivity index (χ1) is 12.5. The van der Waals surface area contributed by atoms with E-state index in [1.54, 1.807) is 11.9 Å². The van der Waals surface area contributed by atoms with Gasteiger partial charge in [-0.05, 0) is 57.2 Å². The van der Waals surface area contributed by atoms with Crippen LogP contribution in [0.4, 0.5) is 5.69 Å². The normalized spacial score (nSPS) is 23.2. The van der Waals surface area contributed by atoms with E-state index < -0.39 is 0 Å². The fraction of sp³-hybridized carbons (Fsp3) is 0.619. The lowest BCUT2D eigenvalue weighted by atomic mass is 9.78. The van der Waals surface area contributed by atoms with Crippen molar-refractivity contribution in [3.63, 3.8) is 0 Å². The van der Waals surface area contributed by atoms with Crippen LogP contribution in [-0.4, -0.2) is 54.3 Å². The zero-order valence-corrected chi connectivity index (χ0v) is 16.0. The molecular formula is C21H31N3O2. The first-order valence-corrected chi connectivity index (χ1v) is 9.87. The van der Waals surface area contributed by atoms with E-state index in [-0.39, 0.29) is 18.4 Å². The highest BCUT2D eigenvalue weighted by Gasteiger charge is 2.34. The van der Waals surface area contributed by atoms with Crippen LogP contribution in [0, 0.1) is 12.8 Å². The summed E-state index contributed by atoms with van der Waals surface area (Å²) in [5, 5.41) is 2.86. The smallest absolute Gasteiger partial charge is 0.243 e. The molecule has 0 spiro atoms. The maximum atomic E-state index is 12.6. The van der Waals surface area contributed by atoms with E-state index in [4.69, 9.17) is 0 Å². The van der Waals surface area contributed by atoms with Crippen molar-refractivity contribution < 1.29 is 9.59 Å². The SMILES string of the molecule is Cc1ccc(NC(=O)CN(C)C(=O)CN2CCC[C@@H]3CCCC[C@@H]32)cc1. The lowest BCUT2D eigenvalue weighted by Gasteiger charge is -2.44. The second kappa shape index (κ2) is 8.67. The number of piperidine rings is 1. The molecule has 2 aliphatic rings. The Morgan fingerprint density at radius 3 is 2.58 bits per heavy atom. The van der Waals surface area contributed by atoms with Gasteiger partial charge in [0.1, 0.15) is 0 Å². The maximum Gasteiger partial charge on any atom is 0.243 e. The third-order valence-corrected chi connectivity index (χ3v) is 5.84. The van der Waals surface area contributed by atoms with E-state index in [0.29, 0.717) is 12.6 Å². The van der Waals surface area contributed by atoms with Gasteiger partial charge in [-0.3, -0.25) is 14.5 Å². The Morgan fingerprint density at radius 2 is 1.81 bits per heavy atom. The van der Waals surface area contributed by atoms with Crippen LogP contribution in [0.1, 0.15) is 44.1 Å². The fourth-order valence-electron chi connectivity index (χ4n) is 4.36. The number of hydrogen-bond donors (Lipinski definition) is 1. The molecule has 5 nitrogen and oxygen atoms in total. The molecule has 1 saturated heterocycles. The number of benzene rings is 1. The van der Waals surface area contributed by atoms with E-state index in [1.165, 1.54) is 38.5 Å². The molecule has 2 amide bonds. The minimum atomic E-state index is -0.154. The summed E-state index contributed by atoms with van der Waals surface area (Å²) in [6.45, 7) is 3.55. The predicted molar refractivity (Wildman–Crippen MR) is 104 cm³/mol. The van der Waals surface area contributed by atoms with E-state index in [9.17, 15) is 9.59 Å². The number of fused-ring (bicyclic) bond motifs is 1. The number of aryl methyl sites for hydroxylation is 1. The molecule has 0 radical (unpaired) electrons. The Balaban J connectivity index is 1.49. The van der Waals surface area contributed by atoms with Crippen LogP contribution in [0.25, 0.3) is 0 Å². The van der Waals surface area contributed by atoms with Gasteiger partial charge in [0.15, 0.2) is 0 Å². The molecule has 26 heavy (non-hydrogen) atoms. The van der Waals surface area contributed by atoms with Crippen molar-refractivity contribution in [1.29, 1.82) is 0 Å². The first kappa shape index (κ1) is 18.9. The summed E-state index contributed by atoms with van der Waals surface area (Å²) < 4.78 is 0. The maximum absolute atomic E-state index is 12.6. The zero-order chi connectivity index (χ0) is 18.5. The van der Waals surface area contributed by atoms with Crippen LogP contribution in [0.15, 0.2) is 24.3 Å². The van der Waals surface area contributed by atoms with Crippen LogP contribution in [0.3, 0.4) is 0 Å². The van der Waals surface area contributed by atoms with Gasteiger partial charge in [-0.25, -0.2) is 0 Å². The van der Waals surface area contributed by atoms with Gasteiger partial charge in [-0.2, -0.15) is 0 Å². The van der Waals surface area contributed by atoms with Crippen molar-refractivity contribution in [3.05, 3.63) is 29.8 Å². The van der Waals surface area contributed by atoms with Gasteiger partial charge >= 0.3 is 0 Å². The van der Waals surface area contributed by atoms with Gasteiger partial charge in [-0.1, -0.05) is 30.5 Å². The monoisotopic (exact) mass is 357 g/mol. The van der Waals surface area contributed by atoms with Crippen molar-refractivity contribution in [3.8, 4) is 0 Å². The van der Waals surface area contributed by atoms with Gasteiger partial charge in [0, 0.05) is 18.8 Å². The van der Waals surface area contributed by atoms with Gasteiger partial charge in [0.2, 0.25) is 11.8 Å². The number of carbonyl (C=O) groups excluding carboxylic acids is 2. The Labute approximate surface area is 156 Å². The second-order valence-electron chi connectivity index (χ2n) is 7.89. The topological polar surface area (TPSA) is 52.7 Å². The largest absolute Gasteiger partial charge is 0.335 e. The van der Waals surface area contributed by atoms with Crippen LogP contribution in [0.2, 0.25) is 0 Å². The highest BCUT2D eigenvalue weighted by atomic mass is 16.2. The highest BCUT2D eigenvalue weighted by Crippen LogP contribution is 2.35. The quantitative estimate of drug-likeness (QED) is 0.881. The number of likely N-dealkylation sites (N-methyl/N-ethyl adjacent to an activating group) is 1. The highest BCUT2D eigenvalue weighted by molar-refractivity contribution is 5.94. The summed E-state index contributed by atoms with van der Waals surface area (Å²) in [6, 6.07) is 8.25. The predicted octanol–water partition coefficient (Wildman–Crippen LogP) is 3.05. The van der Waals surface area contributed by atoms with Crippen LogP contribution >= 0.6 is 0 Å². The molecule has 1 N–H and O–H groups in total. The van der Waals surface area contributed by atoms with E-state index in [1.807, 2.05) is 31.2 Å². The molecule has 3 rings (SSSR count). The van der Waals surface area contributed by atoms with Crippen molar-refractivity contribution in [1.82, 2.24) is 9.80 Å². The standard InChI is InChI=1S/C21H31N3O2/c1-16-9-11-18(12-10-16)22-20(25)14-23(2)21(26)15-24-13-5-7-17-6-3-4-8-19(17)24/h9-12,17,19H,3-8,13-15H2,1-2H3,(H,22,25)/t17-,19-/m0/s1. The molecule has 1 heterocycles. The summed E-state index contributed by atoms with van der Waals surface area (Å²) in [5.41, 5.74) is 1.92. The number of likely N-dealkylation sites (tertiary alicyclic amines) is 1. The molecule has 1 aliphatic heterocycles. The molecule has 1 aromatic rings. The van der Waals surface area contributed by atoms with E-state index in [0.717, 1.165) is 23.7 Å². The van der Waals surface area contributed by atoms with Gasteiger partial charge in [0.05, 0.1) is 13.1 Å². The van der Waals surface area contributed by atoms with Crippen molar-refractivity contribution in [2.45, 2.75) is 51.5 Å². The van der Waals surface area contributed by atoms with E-state index >= 15 is 0 Å². The van der Waals surface area contributed by atoms with E-state index in [2.05, 4.69) is 10.2 Å². The number of nitrogens with one attached hydrogen (secondary N) is 1. The lowest BCUT2D eigenvalue weighted by Crippen LogP contribution is -2.51. The average molecular weight is 357 g/mol. The third kappa shape index (κ3) is 4.85. The Hall–Kier alpha value is -1.88. The molecule has 1 aromatic carbocycles. The molecular weight excluding hydrogens is 326 g/mol. The number of nitrogens with zero attached hydrogens (tertiary/aromatic N) is 2. The number of rotatable bonds is 5. The first-order valence-electron chi connectivity index (χ1n) is 9.87. The summed E-state index contributed by atoms with van der Waals surface area (Å²) >= 11 is 0. The molecule has 142 valence electrons. The number of hydrogen-bond acceptors (Lipinski definition) is 3. The molecule has 5 heteroatoms. The minimum Gasteiger partial charge on any atom is -0.335 e.